The average molecular weight is 215 g/mol. The first-order valence-corrected chi connectivity index (χ1v) is 4.71. The first kappa shape index (κ1) is 10.2. The molecule has 0 atom stereocenters. The van der Waals surface area contributed by atoms with Crippen molar-refractivity contribution < 1.29 is 4.92 Å². The number of aryl methyl sites for hydroxylation is 1. The zero-order valence-electron chi connectivity index (χ0n) is 8.62. The van der Waals surface area contributed by atoms with Crippen molar-refractivity contribution in [2.75, 3.05) is 0 Å². The fourth-order valence-electron chi connectivity index (χ4n) is 1.35. The summed E-state index contributed by atoms with van der Waals surface area (Å²) in [7, 11) is 0. The number of nitrogens with zero attached hydrogens (tertiary/aromatic N) is 3. The Morgan fingerprint density at radius 1 is 1.25 bits per heavy atom. The second kappa shape index (κ2) is 4.06. The van der Waals surface area contributed by atoms with Crippen molar-refractivity contribution in [2.24, 2.45) is 0 Å². The fraction of sp³-hybridized carbons (Fsp3) is 0.0909. The first-order valence-electron chi connectivity index (χ1n) is 4.71. The molecular formula is C11H9N3O2. The highest BCUT2D eigenvalue weighted by Gasteiger charge is 2.16. The number of rotatable bonds is 2. The number of hydrogen-bond donors (Lipinski definition) is 0. The minimum atomic E-state index is -0.454. The van der Waals surface area contributed by atoms with Crippen LogP contribution in [0, 0.1) is 17.0 Å². The predicted octanol–water partition coefficient (Wildman–Crippen LogP) is 2.36. The lowest BCUT2D eigenvalue weighted by atomic mass is 10.2. The Labute approximate surface area is 91.9 Å². The van der Waals surface area contributed by atoms with Crippen molar-refractivity contribution in [1.29, 1.82) is 0 Å². The highest BCUT2D eigenvalue weighted by atomic mass is 16.6. The Balaban J connectivity index is 2.55. The number of aromatic nitrogens is 2. The lowest BCUT2D eigenvalue weighted by Crippen LogP contribution is -1.95. The SMILES string of the molecule is Cc1ccc(-c2ncccc2[N+](=O)[O-])nc1. The normalized spacial score (nSPS) is 10.1. The Morgan fingerprint density at radius 3 is 2.69 bits per heavy atom. The molecule has 0 spiro atoms. The van der Waals surface area contributed by atoms with Gasteiger partial charge in [-0.05, 0) is 24.6 Å². The molecule has 2 aromatic heterocycles. The van der Waals surface area contributed by atoms with Crippen molar-refractivity contribution in [1.82, 2.24) is 9.97 Å². The van der Waals surface area contributed by atoms with Gasteiger partial charge in [-0.3, -0.25) is 15.1 Å². The molecule has 2 aromatic rings. The summed E-state index contributed by atoms with van der Waals surface area (Å²) in [6.07, 6.45) is 3.18. The summed E-state index contributed by atoms with van der Waals surface area (Å²) >= 11 is 0. The van der Waals surface area contributed by atoms with E-state index in [-0.39, 0.29) is 5.69 Å². The summed E-state index contributed by atoms with van der Waals surface area (Å²) in [5, 5.41) is 10.8. The zero-order valence-corrected chi connectivity index (χ0v) is 8.62. The van der Waals surface area contributed by atoms with Crippen LogP contribution in [0.4, 0.5) is 5.69 Å². The summed E-state index contributed by atoms with van der Waals surface area (Å²) in [5.41, 5.74) is 1.78. The van der Waals surface area contributed by atoms with Gasteiger partial charge < -0.3 is 0 Å². The van der Waals surface area contributed by atoms with Gasteiger partial charge in [-0.2, -0.15) is 0 Å². The molecule has 0 N–H and O–H groups in total. The summed E-state index contributed by atoms with van der Waals surface area (Å²) in [6, 6.07) is 6.53. The van der Waals surface area contributed by atoms with Crippen LogP contribution in [0.5, 0.6) is 0 Å². The Kier molecular flexibility index (Phi) is 2.59. The van der Waals surface area contributed by atoms with E-state index in [1.807, 2.05) is 13.0 Å². The second-order valence-corrected chi connectivity index (χ2v) is 3.35. The molecule has 2 rings (SSSR count). The van der Waals surface area contributed by atoms with E-state index in [0.717, 1.165) is 5.56 Å². The van der Waals surface area contributed by atoms with Crippen molar-refractivity contribution in [3.05, 3.63) is 52.3 Å². The minimum absolute atomic E-state index is 0.0288. The third-order valence-electron chi connectivity index (χ3n) is 2.14. The van der Waals surface area contributed by atoms with Gasteiger partial charge >= 0.3 is 0 Å². The Bertz CT molecular complexity index is 523. The van der Waals surface area contributed by atoms with Crippen LogP contribution in [-0.2, 0) is 0 Å². The molecule has 0 saturated heterocycles. The second-order valence-electron chi connectivity index (χ2n) is 3.35. The maximum Gasteiger partial charge on any atom is 0.297 e. The summed E-state index contributed by atoms with van der Waals surface area (Å²) in [6.45, 7) is 1.91. The monoisotopic (exact) mass is 215 g/mol. The largest absolute Gasteiger partial charge is 0.297 e. The fourth-order valence-corrected chi connectivity index (χ4v) is 1.35. The van der Waals surface area contributed by atoms with E-state index in [1.165, 1.54) is 18.3 Å². The molecule has 80 valence electrons. The molecule has 0 amide bonds. The van der Waals surface area contributed by atoms with E-state index in [2.05, 4.69) is 9.97 Å². The van der Waals surface area contributed by atoms with Gasteiger partial charge in [0.15, 0.2) is 5.69 Å². The van der Waals surface area contributed by atoms with Crippen molar-refractivity contribution in [3.63, 3.8) is 0 Å². The molecule has 0 aliphatic rings. The van der Waals surface area contributed by atoms with Crippen LogP contribution < -0.4 is 0 Å². The highest BCUT2D eigenvalue weighted by Crippen LogP contribution is 2.25. The van der Waals surface area contributed by atoms with Gasteiger partial charge in [0, 0.05) is 18.5 Å². The quantitative estimate of drug-likeness (QED) is 0.569. The van der Waals surface area contributed by atoms with Gasteiger partial charge in [0.1, 0.15) is 0 Å². The van der Waals surface area contributed by atoms with Gasteiger partial charge in [0.25, 0.3) is 5.69 Å². The van der Waals surface area contributed by atoms with Gasteiger partial charge in [-0.15, -0.1) is 0 Å². The van der Waals surface area contributed by atoms with Crippen LogP contribution in [0.1, 0.15) is 5.56 Å². The Morgan fingerprint density at radius 2 is 2.06 bits per heavy atom. The lowest BCUT2D eigenvalue weighted by Gasteiger charge is -2.01. The predicted molar refractivity (Wildman–Crippen MR) is 58.9 cm³/mol. The third kappa shape index (κ3) is 1.88. The van der Waals surface area contributed by atoms with Gasteiger partial charge in [0.05, 0.1) is 10.6 Å². The molecule has 2 heterocycles. The maximum absolute atomic E-state index is 10.8. The Hall–Kier alpha value is -2.30. The van der Waals surface area contributed by atoms with Crippen molar-refractivity contribution in [3.8, 4) is 11.4 Å². The van der Waals surface area contributed by atoms with Crippen molar-refractivity contribution >= 4 is 5.69 Å². The third-order valence-corrected chi connectivity index (χ3v) is 2.14. The molecular weight excluding hydrogens is 206 g/mol. The van der Waals surface area contributed by atoms with E-state index in [9.17, 15) is 10.1 Å². The van der Waals surface area contributed by atoms with E-state index in [4.69, 9.17) is 0 Å². The van der Waals surface area contributed by atoms with Crippen LogP contribution >= 0.6 is 0 Å². The molecule has 0 aromatic carbocycles. The van der Waals surface area contributed by atoms with Crippen LogP contribution in [0.3, 0.4) is 0 Å². The lowest BCUT2D eigenvalue weighted by molar-refractivity contribution is -0.384. The minimum Gasteiger partial charge on any atom is -0.258 e. The molecule has 0 aliphatic heterocycles. The molecule has 0 bridgehead atoms. The van der Waals surface area contributed by atoms with Crippen molar-refractivity contribution in [2.45, 2.75) is 6.92 Å². The molecule has 5 nitrogen and oxygen atoms in total. The smallest absolute Gasteiger partial charge is 0.258 e. The standard InChI is InChI=1S/C11H9N3O2/c1-8-4-5-9(13-7-8)11-10(14(15)16)3-2-6-12-11/h2-7H,1H3. The molecule has 0 aliphatic carbocycles. The number of nitro groups is 1. The number of hydrogen-bond acceptors (Lipinski definition) is 4. The topological polar surface area (TPSA) is 68.9 Å². The average Bonchev–Trinajstić information content (AvgIpc) is 2.30. The van der Waals surface area contributed by atoms with Gasteiger partial charge in [0.2, 0.25) is 0 Å². The molecule has 0 fully saturated rings. The first-order chi connectivity index (χ1) is 7.68. The highest BCUT2D eigenvalue weighted by molar-refractivity contribution is 5.65. The molecule has 0 unspecified atom stereocenters. The molecule has 16 heavy (non-hydrogen) atoms. The van der Waals surface area contributed by atoms with Gasteiger partial charge in [-0.1, -0.05) is 6.07 Å². The van der Waals surface area contributed by atoms with Crippen LogP contribution in [-0.4, -0.2) is 14.9 Å². The maximum atomic E-state index is 10.8. The number of pyridine rings is 2. The van der Waals surface area contributed by atoms with E-state index < -0.39 is 4.92 Å². The van der Waals surface area contributed by atoms with Crippen LogP contribution in [0.25, 0.3) is 11.4 Å². The van der Waals surface area contributed by atoms with Crippen LogP contribution in [0.15, 0.2) is 36.7 Å². The zero-order chi connectivity index (χ0) is 11.5. The van der Waals surface area contributed by atoms with E-state index in [0.29, 0.717) is 11.4 Å². The van der Waals surface area contributed by atoms with E-state index in [1.54, 1.807) is 12.3 Å². The molecule has 5 heteroatoms. The summed E-state index contributed by atoms with van der Waals surface area (Å²) in [4.78, 5) is 18.5. The van der Waals surface area contributed by atoms with Gasteiger partial charge in [-0.25, -0.2) is 4.98 Å². The molecule has 0 radical (unpaired) electrons. The summed E-state index contributed by atoms with van der Waals surface area (Å²) in [5.74, 6) is 0. The summed E-state index contributed by atoms with van der Waals surface area (Å²) < 4.78 is 0. The van der Waals surface area contributed by atoms with Crippen LogP contribution in [0.2, 0.25) is 0 Å². The molecule has 0 saturated carbocycles. The van der Waals surface area contributed by atoms with E-state index >= 15 is 0 Å².